The van der Waals surface area contributed by atoms with Gasteiger partial charge in [-0.15, -0.1) is 0 Å². The van der Waals surface area contributed by atoms with Crippen LogP contribution >= 0.6 is 0 Å². The number of ether oxygens (including phenoxy) is 6. The van der Waals surface area contributed by atoms with Crippen molar-refractivity contribution >= 4 is 17.9 Å². The Kier molecular flexibility index (Phi) is 7.95. The van der Waals surface area contributed by atoms with Crippen molar-refractivity contribution in [3.63, 3.8) is 0 Å². The quantitative estimate of drug-likeness (QED) is 0.230. The molecule has 3 saturated carbocycles. The van der Waals surface area contributed by atoms with Crippen LogP contribution in [0, 0.1) is 23.7 Å². The number of rotatable bonds is 6. The summed E-state index contributed by atoms with van der Waals surface area (Å²) in [5.74, 6) is -8.02. The lowest BCUT2D eigenvalue weighted by atomic mass is 9.51. The van der Waals surface area contributed by atoms with Crippen molar-refractivity contribution in [3.8, 4) is 0 Å². The third-order valence-corrected chi connectivity index (χ3v) is 12.0. The van der Waals surface area contributed by atoms with Gasteiger partial charge < -0.3 is 43.7 Å². The minimum Gasteiger partial charge on any atom is -0.459 e. The smallest absolute Gasteiger partial charge is 0.338 e. The highest BCUT2D eigenvalue weighted by Crippen LogP contribution is 2.71. The predicted octanol–water partition coefficient (Wildman–Crippen LogP) is 3.16. The Bertz CT molecular complexity index is 1720. The third-order valence-electron chi connectivity index (χ3n) is 12.0. The van der Waals surface area contributed by atoms with E-state index in [9.17, 15) is 29.7 Å². The molecule has 268 valence electrons. The number of hydrogen-bond acceptors (Lipinski definition) is 12. The highest BCUT2D eigenvalue weighted by molar-refractivity contribution is 5.89. The van der Waals surface area contributed by atoms with E-state index in [1.165, 1.54) is 26.0 Å². The molecule has 2 aromatic rings. The third kappa shape index (κ3) is 4.42. The van der Waals surface area contributed by atoms with Crippen LogP contribution in [0.15, 0.2) is 72.8 Å². The van der Waals surface area contributed by atoms with Gasteiger partial charge in [-0.3, -0.25) is 9.59 Å². The molecule has 6 fully saturated rings. The standard InChI is InChI=1S/C38H44O12/c1-19(2)35(43)30-21(4)37-26-18-20(3)29(45-22(5)39)36(26,44)33(46-23(6)40)34(7,49-32(42)24-14-10-8-11-15-24)28(41)27(37)31(35)48-38(47-30,50-37)25-16-12-9-13-17-25/h8-17,20-21,26-31,33,41,43-44H,1,18H2,2-7H3/t20-,21+,26+,27-,28-,29-,30-,31+,33+,34+,35-,36+,37-,38-/m0/s1. The molecule has 1 spiro atoms. The first kappa shape index (κ1) is 34.8. The molecule has 50 heavy (non-hydrogen) atoms. The lowest BCUT2D eigenvalue weighted by Crippen LogP contribution is -2.86. The Morgan fingerprint density at radius 1 is 0.880 bits per heavy atom. The van der Waals surface area contributed by atoms with E-state index in [2.05, 4.69) is 6.58 Å². The van der Waals surface area contributed by atoms with E-state index in [1.54, 1.807) is 63.2 Å². The van der Waals surface area contributed by atoms with Gasteiger partial charge in [0.05, 0.1) is 11.2 Å². The summed E-state index contributed by atoms with van der Waals surface area (Å²) in [7, 11) is 0. The first-order valence-electron chi connectivity index (χ1n) is 17.0. The number of carbonyl (C=O) groups is 3. The van der Waals surface area contributed by atoms with E-state index >= 15 is 0 Å². The molecule has 3 saturated heterocycles. The summed E-state index contributed by atoms with van der Waals surface area (Å²) in [5.41, 5.74) is -7.22. The van der Waals surface area contributed by atoms with Gasteiger partial charge in [0.2, 0.25) is 0 Å². The minimum atomic E-state index is -2.32. The zero-order chi connectivity index (χ0) is 36.2. The molecule has 0 aromatic heterocycles. The van der Waals surface area contributed by atoms with E-state index in [0.29, 0.717) is 11.1 Å². The topological polar surface area (TPSA) is 167 Å². The van der Waals surface area contributed by atoms with Crippen LogP contribution in [-0.2, 0) is 44.0 Å². The Hall–Kier alpha value is -3.65. The molecular weight excluding hydrogens is 648 g/mol. The van der Waals surface area contributed by atoms with Gasteiger partial charge in [-0.2, -0.15) is 0 Å². The highest BCUT2D eigenvalue weighted by atomic mass is 16.9. The first-order valence-corrected chi connectivity index (χ1v) is 17.0. The maximum Gasteiger partial charge on any atom is 0.338 e. The molecule has 3 heterocycles. The number of fused-ring (bicyclic) bond motifs is 1. The van der Waals surface area contributed by atoms with Gasteiger partial charge in [0, 0.05) is 37.2 Å². The number of carbonyl (C=O) groups excluding carboxylic acids is 3. The molecule has 3 aliphatic carbocycles. The second-order valence-corrected chi connectivity index (χ2v) is 14.9. The first-order chi connectivity index (χ1) is 23.5. The number of esters is 3. The molecule has 14 atom stereocenters. The van der Waals surface area contributed by atoms with Crippen LogP contribution in [0.3, 0.4) is 0 Å². The average molecular weight is 693 g/mol. The monoisotopic (exact) mass is 692 g/mol. The van der Waals surface area contributed by atoms with E-state index in [4.69, 9.17) is 28.4 Å². The molecule has 12 nitrogen and oxygen atoms in total. The lowest BCUT2D eigenvalue weighted by Gasteiger charge is -2.73. The molecule has 4 bridgehead atoms. The maximum atomic E-state index is 13.9. The van der Waals surface area contributed by atoms with Crippen LogP contribution in [0.25, 0.3) is 0 Å². The molecular formula is C38H44O12. The molecule has 3 aliphatic heterocycles. The maximum absolute atomic E-state index is 13.9. The second kappa shape index (κ2) is 11.4. The predicted molar refractivity (Wildman–Crippen MR) is 174 cm³/mol. The SMILES string of the molecule is C=C(C)[C@@]1(O)[C@@H]2O[C@]3(c4ccccc4)O[C@H]1[C@@H](C)[C@@]1(O3)[C@H]2[C@H](O)[C@@](C)(OC(=O)c2ccccc2)[C@@H](OC(C)=O)[C@@]2(O)[C@H]1C[C@H](C)[C@@H]2OC(C)=O. The van der Waals surface area contributed by atoms with E-state index in [1.807, 2.05) is 6.07 Å². The molecule has 8 rings (SSSR count). The van der Waals surface area contributed by atoms with Crippen molar-refractivity contribution in [2.45, 2.75) is 107 Å². The van der Waals surface area contributed by atoms with E-state index < -0.39 is 100 Å². The van der Waals surface area contributed by atoms with Crippen LogP contribution in [0.5, 0.6) is 0 Å². The summed E-state index contributed by atoms with van der Waals surface area (Å²) in [6.07, 6.45) is -7.14. The Morgan fingerprint density at radius 2 is 1.46 bits per heavy atom. The van der Waals surface area contributed by atoms with Crippen LogP contribution in [0.1, 0.15) is 63.9 Å². The van der Waals surface area contributed by atoms with Gasteiger partial charge in [-0.25, -0.2) is 4.79 Å². The fraction of sp³-hybridized carbons (Fsp3) is 0.553. The Balaban J connectivity index is 1.54. The van der Waals surface area contributed by atoms with Crippen molar-refractivity contribution in [2.24, 2.45) is 23.7 Å². The van der Waals surface area contributed by atoms with Crippen LogP contribution in [-0.4, -0.2) is 86.2 Å². The van der Waals surface area contributed by atoms with Crippen molar-refractivity contribution in [2.75, 3.05) is 0 Å². The fourth-order valence-electron chi connectivity index (χ4n) is 10.0. The zero-order valence-corrected chi connectivity index (χ0v) is 28.9. The molecule has 2 aromatic carbocycles. The average Bonchev–Trinajstić information content (AvgIpc) is 3.31. The summed E-state index contributed by atoms with van der Waals surface area (Å²) in [4.78, 5) is 39.6. The molecule has 3 N–H and O–H groups in total. The van der Waals surface area contributed by atoms with E-state index in [0.717, 1.165) is 6.92 Å². The van der Waals surface area contributed by atoms with E-state index in [-0.39, 0.29) is 12.0 Å². The molecule has 6 aliphatic rings. The van der Waals surface area contributed by atoms with Crippen LogP contribution < -0.4 is 0 Å². The van der Waals surface area contributed by atoms with Crippen LogP contribution in [0.4, 0.5) is 0 Å². The summed E-state index contributed by atoms with van der Waals surface area (Å²) in [6.45, 7) is 13.0. The van der Waals surface area contributed by atoms with Gasteiger partial charge in [0.1, 0.15) is 35.6 Å². The minimum absolute atomic E-state index is 0.127. The molecule has 0 unspecified atom stereocenters. The second-order valence-electron chi connectivity index (χ2n) is 14.9. The highest BCUT2D eigenvalue weighted by Gasteiger charge is 2.87. The Labute approximate surface area is 290 Å². The van der Waals surface area contributed by atoms with Gasteiger partial charge in [-0.1, -0.05) is 69.0 Å². The number of hydrogen-bond donors (Lipinski definition) is 3. The molecule has 12 heteroatoms. The summed E-state index contributed by atoms with van der Waals surface area (Å²) < 4.78 is 38.5. The van der Waals surface area contributed by atoms with Crippen molar-refractivity contribution in [1.82, 2.24) is 0 Å². The molecule has 0 radical (unpaired) electrons. The van der Waals surface area contributed by atoms with Gasteiger partial charge in [0.15, 0.2) is 11.7 Å². The van der Waals surface area contributed by atoms with Crippen molar-refractivity contribution in [3.05, 3.63) is 83.9 Å². The normalized spacial score (nSPS) is 45.5. The largest absolute Gasteiger partial charge is 0.459 e. The fourth-order valence-corrected chi connectivity index (χ4v) is 10.0. The zero-order valence-electron chi connectivity index (χ0n) is 28.9. The van der Waals surface area contributed by atoms with Gasteiger partial charge in [0.25, 0.3) is 0 Å². The lowest BCUT2D eigenvalue weighted by molar-refractivity contribution is -0.586. The number of benzene rings is 2. The molecule has 0 amide bonds. The van der Waals surface area contributed by atoms with Gasteiger partial charge >= 0.3 is 23.9 Å². The van der Waals surface area contributed by atoms with Crippen molar-refractivity contribution in [1.29, 1.82) is 0 Å². The van der Waals surface area contributed by atoms with Crippen molar-refractivity contribution < 1.29 is 58.1 Å². The summed E-state index contributed by atoms with van der Waals surface area (Å²) in [5, 5.41) is 39.1. The number of aliphatic hydroxyl groups is 3. The summed E-state index contributed by atoms with van der Waals surface area (Å²) in [6, 6.07) is 16.9. The van der Waals surface area contributed by atoms with Crippen LogP contribution in [0.2, 0.25) is 0 Å². The number of aliphatic hydroxyl groups excluding tert-OH is 1. The Morgan fingerprint density at radius 3 is 2.04 bits per heavy atom. The summed E-state index contributed by atoms with van der Waals surface area (Å²) >= 11 is 0. The van der Waals surface area contributed by atoms with Gasteiger partial charge in [-0.05, 0) is 43.9 Å².